The lowest BCUT2D eigenvalue weighted by molar-refractivity contribution is -0.119. The van der Waals surface area contributed by atoms with Crippen LogP contribution in [-0.2, 0) is 29.0 Å². The highest BCUT2D eigenvalue weighted by atomic mass is 35.5. The van der Waals surface area contributed by atoms with Gasteiger partial charge in [0.15, 0.2) is 23.3 Å². The fraction of sp³-hybridized carbons (Fsp3) is 0.363. The number of carbonyl (C=O) groups is 1. The van der Waals surface area contributed by atoms with Crippen molar-refractivity contribution in [2.24, 2.45) is 0 Å². The SMILES string of the molecule is COc1cc(F)c(C)cc1Nc1cc(N2OCC[C@@H]2c2ccccc2)ncn1.COc1cc(N2CCC(=O)CC2)c(C)cc1Nc1cc(N2OCC[C@@H]2c2ccccc2)ncn1.COc1cc(N2CCC(N3CCN(C4CC4)CC3)CC2)c(C)cc1Nc1cc(N2OCC[C@@H]2c2ccccc2)ncn1.Clc1cc(N2OCC[C@@H]2c2ccccc2)ncn1.c1ccc([C@@H]2CCON2)cc1. The number of nitrogens with zero attached hydrogens (tertiary/aromatic N) is 16. The van der Waals surface area contributed by atoms with Gasteiger partial charge in [-0.15, -0.1) is 0 Å². The molecule has 12 heterocycles. The number of piperazine rings is 1. The Kier molecular flexibility index (Phi) is 30.9. The third-order valence-corrected chi connectivity index (χ3v) is 25.7. The summed E-state index contributed by atoms with van der Waals surface area (Å²) in [6.07, 6.45) is 17.2. The molecule has 5 atom stereocenters. The third-order valence-electron chi connectivity index (χ3n) is 25.5. The third kappa shape index (κ3) is 23.3. The predicted octanol–water partition coefficient (Wildman–Crippen LogP) is 19.0. The number of benzene rings is 8. The molecule has 9 fully saturated rings. The molecule has 0 unspecified atom stereocenters. The first-order valence-corrected chi connectivity index (χ1v) is 46.4. The first-order chi connectivity index (χ1) is 65.2. The molecule has 8 aromatic carbocycles. The highest BCUT2D eigenvalue weighted by Crippen LogP contribution is 2.44. The Hall–Kier alpha value is -12.8. The summed E-state index contributed by atoms with van der Waals surface area (Å²) < 4.78 is 30.7. The highest BCUT2D eigenvalue weighted by molar-refractivity contribution is 6.29. The number of methoxy groups -OCH3 is 3. The van der Waals surface area contributed by atoms with Gasteiger partial charge in [0.25, 0.3) is 0 Å². The van der Waals surface area contributed by atoms with Gasteiger partial charge in [-0.2, -0.15) is 5.48 Å². The molecule has 31 heteroatoms. The number of hydroxylamine groups is 5. The number of anilines is 12. The highest BCUT2D eigenvalue weighted by Gasteiger charge is 2.37. The molecule has 9 aliphatic rings. The number of piperidine rings is 2. The van der Waals surface area contributed by atoms with E-state index in [1.165, 1.54) is 117 Å². The van der Waals surface area contributed by atoms with E-state index in [-0.39, 0.29) is 30.0 Å². The average molecular weight is 1820 g/mol. The molecule has 8 saturated heterocycles. The van der Waals surface area contributed by atoms with E-state index in [0.29, 0.717) is 114 Å². The second-order valence-electron chi connectivity index (χ2n) is 34.1. The Morgan fingerprint density at radius 2 is 0.707 bits per heavy atom. The molecule has 29 nitrogen and oxygen atoms in total. The van der Waals surface area contributed by atoms with Gasteiger partial charge in [-0.05, 0) is 116 Å². The van der Waals surface area contributed by atoms with Crippen LogP contribution in [0.4, 0.5) is 73.6 Å². The molecule has 0 spiro atoms. The lowest BCUT2D eigenvalue weighted by Gasteiger charge is -2.43. The van der Waals surface area contributed by atoms with Crippen LogP contribution in [0, 0.1) is 26.6 Å². The molecule has 1 saturated carbocycles. The smallest absolute Gasteiger partial charge is 0.158 e. The van der Waals surface area contributed by atoms with E-state index in [1.807, 2.05) is 105 Å². The number of aryl methyl sites for hydroxylation is 3. The molecule has 21 rings (SSSR count). The predicted molar refractivity (Wildman–Crippen MR) is 516 cm³/mol. The van der Waals surface area contributed by atoms with E-state index < -0.39 is 0 Å². The van der Waals surface area contributed by atoms with E-state index >= 15 is 0 Å². The number of aromatic nitrogens is 8. The Morgan fingerprint density at radius 3 is 1.06 bits per heavy atom. The quantitative estimate of drug-likeness (QED) is 0.0459. The van der Waals surface area contributed by atoms with Gasteiger partial charge in [0.05, 0.1) is 102 Å². The van der Waals surface area contributed by atoms with Crippen LogP contribution >= 0.6 is 11.6 Å². The summed E-state index contributed by atoms with van der Waals surface area (Å²) in [6, 6.07) is 72.9. The zero-order chi connectivity index (χ0) is 91.4. The van der Waals surface area contributed by atoms with Crippen molar-refractivity contribution in [1.82, 2.24) is 55.2 Å². The van der Waals surface area contributed by atoms with Crippen LogP contribution in [0.5, 0.6) is 17.2 Å². The van der Waals surface area contributed by atoms with Crippen LogP contribution < -0.4 is 65.7 Å². The minimum Gasteiger partial charge on any atom is -0.494 e. The second-order valence-corrected chi connectivity index (χ2v) is 34.5. The van der Waals surface area contributed by atoms with Crippen LogP contribution in [0.3, 0.4) is 0 Å². The van der Waals surface area contributed by atoms with Crippen molar-refractivity contribution < 1.29 is 47.6 Å². The summed E-state index contributed by atoms with van der Waals surface area (Å²) >= 11 is 5.88. The first-order valence-electron chi connectivity index (χ1n) is 46.0. The number of nitrogens with one attached hydrogen (secondary N) is 4. The van der Waals surface area contributed by atoms with E-state index in [9.17, 15) is 9.18 Å². The summed E-state index contributed by atoms with van der Waals surface area (Å²) in [5.41, 5.74) is 16.6. The number of carbonyl (C=O) groups excluding carboxylic acids is 1. The summed E-state index contributed by atoms with van der Waals surface area (Å²) in [4.78, 5) is 85.0. The van der Waals surface area contributed by atoms with Crippen LogP contribution in [-0.4, -0.2) is 174 Å². The molecule has 0 amide bonds. The van der Waals surface area contributed by atoms with Crippen LogP contribution in [0.25, 0.3) is 0 Å². The van der Waals surface area contributed by atoms with Crippen LogP contribution in [0.2, 0.25) is 5.15 Å². The first kappa shape index (κ1) is 92.1. The van der Waals surface area contributed by atoms with Gasteiger partial charge < -0.3 is 44.8 Å². The van der Waals surface area contributed by atoms with Gasteiger partial charge in [0.2, 0.25) is 0 Å². The number of hydrogen-bond acceptors (Lipinski definition) is 29. The number of rotatable bonds is 22. The van der Waals surface area contributed by atoms with Crippen LogP contribution in [0.1, 0.15) is 145 Å². The minimum absolute atomic E-state index is 0.0894. The molecule has 8 aliphatic heterocycles. The van der Waals surface area contributed by atoms with Gasteiger partial charge in [-0.1, -0.05) is 163 Å². The van der Waals surface area contributed by atoms with Gasteiger partial charge in [-0.25, -0.2) is 64.5 Å². The number of hydrogen-bond donors (Lipinski definition) is 4. The lowest BCUT2D eigenvalue weighted by Crippen LogP contribution is -2.53. The van der Waals surface area contributed by atoms with E-state index in [2.05, 4.69) is 198 Å². The van der Waals surface area contributed by atoms with Crippen molar-refractivity contribution >= 4 is 86.5 Å². The van der Waals surface area contributed by atoms with E-state index in [0.717, 1.165) is 111 Å². The average Bonchev–Trinajstić information content (AvgIpc) is 1.82. The molecule has 12 aromatic rings. The summed E-state index contributed by atoms with van der Waals surface area (Å²) in [6.45, 7) is 18.0. The standard InChI is InChI=1S/C33H43N7O2.C26H29N5O3.C21H21FN4O2.C13H12ClN3O.C9H11NO/c1-24-20-28(36-32-22-33(35-23-34-32)40-29(12-19-42-40)25-6-4-3-5-7-25)31(41-2)21-30(24)39-13-10-27(11-14-39)38-17-15-37(16-18-38)26-8-9-26;1-18-14-21(24(33-2)15-23(18)30-11-8-20(32)9-12-30)29-25-16-26(28-17-27-25)31-22(10-13-34-31)19-6-4-3-5-7-19;1-14-10-17(19(27-2)11-16(14)22)25-20-12-21(24-13-23-20)26-18(8-9-28-26)15-6-4-3-5-7-15;14-12-8-13(16-9-15-12)17-11(6-7-18-17)10-4-2-1-3-5-10;1-2-4-8(5-3-1)9-6-7-11-10-9/h3-7,20-23,26-27,29H,8-19H2,1-2H3,(H,34,35,36);3-7,14-17,22H,8-13H2,1-2H3,(H,27,28,29);3-7,10-13,18H,8-9H2,1-2H3,(H,23,24,25);1-5,8-9,11H,6-7H2;1-5,9-10H,6-7H2/t29-;22-;18-;11-;9-/m11110/s1. The summed E-state index contributed by atoms with van der Waals surface area (Å²) in [7, 11) is 4.90. The molecule has 133 heavy (non-hydrogen) atoms. The monoisotopic (exact) mass is 1820 g/mol. The summed E-state index contributed by atoms with van der Waals surface area (Å²) in [5.74, 6) is 6.67. The van der Waals surface area contributed by atoms with Crippen molar-refractivity contribution in [3.63, 3.8) is 0 Å². The van der Waals surface area contributed by atoms with E-state index in [4.69, 9.17) is 50.0 Å². The molecule has 4 aromatic heterocycles. The maximum absolute atomic E-state index is 13.8. The zero-order valence-electron chi connectivity index (χ0n) is 76.1. The number of ketones is 1. The lowest BCUT2D eigenvalue weighted by atomic mass is 10.0. The van der Waals surface area contributed by atoms with Crippen molar-refractivity contribution in [1.29, 1.82) is 0 Å². The van der Waals surface area contributed by atoms with Crippen molar-refractivity contribution in [2.45, 2.75) is 134 Å². The van der Waals surface area contributed by atoms with Gasteiger partial charge >= 0.3 is 0 Å². The van der Waals surface area contributed by atoms with E-state index in [1.54, 1.807) is 52.0 Å². The summed E-state index contributed by atoms with van der Waals surface area (Å²) in [5, 5.41) is 17.9. The zero-order valence-corrected chi connectivity index (χ0v) is 76.9. The van der Waals surface area contributed by atoms with Crippen molar-refractivity contribution in [3.8, 4) is 17.2 Å². The molecule has 692 valence electrons. The topological polar surface area (TPSA) is 268 Å². The van der Waals surface area contributed by atoms with Crippen molar-refractivity contribution in [3.05, 3.63) is 293 Å². The fourth-order valence-corrected chi connectivity index (χ4v) is 18.5. The Balaban J connectivity index is 0.000000122. The molecule has 1 aliphatic carbocycles. The second kappa shape index (κ2) is 44.7. The normalized spacial score (nSPS) is 19.8. The maximum Gasteiger partial charge on any atom is 0.158 e. The van der Waals surface area contributed by atoms with Gasteiger partial charge in [0, 0.05) is 157 Å². The minimum atomic E-state index is -0.318. The molecule has 0 bridgehead atoms. The Bertz CT molecular complexity index is 5770. The molecule has 4 N–H and O–H groups in total. The number of halogens is 2. The number of Topliss-reactive ketones (excluding diaryl/α,β-unsaturated/α-hetero) is 1. The molecule has 0 radical (unpaired) electrons. The Morgan fingerprint density at radius 1 is 0.368 bits per heavy atom. The van der Waals surface area contributed by atoms with Gasteiger partial charge in [-0.3, -0.25) is 33.9 Å². The maximum atomic E-state index is 13.8. The molecular formula is C102H116ClFN20O9. The molecular weight excluding hydrogens is 1700 g/mol. The number of ether oxygens (including phenoxy) is 3. The van der Waals surface area contributed by atoms with Crippen molar-refractivity contribution in [2.75, 3.05) is 153 Å². The Labute approximate surface area is 781 Å². The fourth-order valence-electron chi connectivity index (χ4n) is 18.3. The largest absolute Gasteiger partial charge is 0.494 e. The van der Waals surface area contributed by atoms with Gasteiger partial charge in [0.1, 0.15) is 76.8 Å². The van der Waals surface area contributed by atoms with Crippen LogP contribution in [0.15, 0.2) is 238 Å².